The third-order valence-corrected chi connectivity index (χ3v) is 12.4. The number of benzene rings is 2. The van der Waals surface area contributed by atoms with Crippen molar-refractivity contribution >= 4 is 69.1 Å². The van der Waals surface area contributed by atoms with Gasteiger partial charge in [-0.2, -0.15) is 5.10 Å². The molecule has 0 bridgehead atoms. The van der Waals surface area contributed by atoms with Gasteiger partial charge in [-0.1, -0.05) is 41.6 Å². The molecule has 58 heavy (non-hydrogen) atoms. The van der Waals surface area contributed by atoms with Crippen LogP contribution in [0.1, 0.15) is 76.2 Å². The van der Waals surface area contributed by atoms with E-state index in [9.17, 15) is 14.4 Å². The topological polar surface area (TPSA) is 154 Å². The summed E-state index contributed by atoms with van der Waals surface area (Å²) >= 11 is 7.68. The molecule has 1 saturated heterocycles. The van der Waals surface area contributed by atoms with Gasteiger partial charge in [0.15, 0.2) is 0 Å². The fourth-order valence-corrected chi connectivity index (χ4v) is 9.14. The first kappa shape index (κ1) is 40.6. The van der Waals surface area contributed by atoms with Gasteiger partial charge in [0.1, 0.15) is 29.0 Å². The first-order valence-electron chi connectivity index (χ1n) is 19.5. The second kappa shape index (κ2) is 17.5. The largest absolute Gasteiger partial charge is 0.369 e. The van der Waals surface area contributed by atoms with Crippen LogP contribution in [-0.4, -0.2) is 107 Å². The van der Waals surface area contributed by atoms with Gasteiger partial charge in [-0.25, -0.2) is 0 Å². The van der Waals surface area contributed by atoms with Crippen LogP contribution < -0.4 is 15.1 Å². The minimum absolute atomic E-state index is 0.153. The zero-order chi connectivity index (χ0) is 41.1. The van der Waals surface area contributed by atoms with E-state index in [2.05, 4.69) is 38.1 Å². The number of fused-ring (bicyclic) bond motifs is 2. The number of hydrogen-bond donors (Lipinski definition) is 3. The Morgan fingerprint density at radius 1 is 1.12 bits per heavy atom. The highest BCUT2D eigenvalue weighted by atomic mass is 35.5. The number of aldehydes is 1. The third-order valence-electron chi connectivity index (χ3n) is 11.0. The third kappa shape index (κ3) is 8.34. The molecule has 3 aliphatic heterocycles. The van der Waals surface area contributed by atoms with Gasteiger partial charge >= 0.3 is 0 Å². The summed E-state index contributed by atoms with van der Waals surface area (Å²) in [6.45, 7) is 11.1. The summed E-state index contributed by atoms with van der Waals surface area (Å²) in [6, 6.07) is 12.3. The van der Waals surface area contributed by atoms with Crippen LogP contribution in [0.15, 0.2) is 59.9 Å². The number of hydrogen-bond acceptors (Lipinski definition) is 10. The van der Waals surface area contributed by atoms with Crippen molar-refractivity contribution in [1.82, 2.24) is 24.9 Å². The van der Waals surface area contributed by atoms with Crippen LogP contribution in [0.5, 0.6) is 0 Å². The number of aliphatic imine (C=N–C) groups is 1. The molecule has 3 aliphatic rings. The first-order valence-corrected chi connectivity index (χ1v) is 20.7. The fourth-order valence-electron chi connectivity index (χ4n) is 7.78. The van der Waals surface area contributed by atoms with Crippen molar-refractivity contribution in [1.29, 1.82) is 10.8 Å². The predicted octanol–water partition coefficient (Wildman–Crippen LogP) is 5.59. The number of anilines is 2. The lowest BCUT2D eigenvalue weighted by molar-refractivity contribution is -0.121. The van der Waals surface area contributed by atoms with Crippen LogP contribution in [-0.2, 0) is 22.7 Å². The first-order chi connectivity index (χ1) is 28.0. The molecule has 2 atom stereocenters. The van der Waals surface area contributed by atoms with Crippen LogP contribution >= 0.6 is 22.9 Å². The Morgan fingerprint density at radius 2 is 1.88 bits per heavy atom. The number of piperazine rings is 1. The van der Waals surface area contributed by atoms with Gasteiger partial charge in [0, 0.05) is 98.4 Å². The van der Waals surface area contributed by atoms with E-state index in [0.29, 0.717) is 23.6 Å². The molecule has 2 aromatic heterocycles. The van der Waals surface area contributed by atoms with E-state index in [1.54, 1.807) is 30.0 Å². The molecule has 300 valence electrons. The van der Waals surface area contributed by atoms with Gasteiger partial charge in [-0.3, -0.25) is 39.9 Å². The Balaban J connectivity index is 0.961. The van der Waals surface area contributed by atoms with Crippen molar-refractivity contribution in [3.05, 3.63) is 98.1 Å². The van der Waals surface area contributed by atoms with Gasteiger partial charge in [0.25, 0.3) is 5.91 Å². The number of halogens is 1. The second-order valence-electron chi connectivity index (χ2n) is 14.8. The number of amides is 2. The Morgan fingerprint density at radius 3 is 2.59 bits per heavy atom. The monoisotopic (exact) mass is 818 g/mol. The van der Waals surface area contributed by atoms with Crippen molar-refractivity contribution in [2.24, 2.45) is 4.99 Å². The van der Waals surface area contributed by atoms with Crippen molar-refractivity contribution in [3.8, 4) is 11.8 Å². The van der Waals surface area contributed by atoms with Crippen molar-refractivity contribution in [2.45, 2.75) is 65.2 Å². The highest BCUT2D eigenvalue weighted by molar-refractivity contribution is 7.17. The molecule has 5 heterocycles. The number of thiophene rings is 1. The molecule has 7 rings (SSSR count). The Bertz CT molecular complexity index is 2350. The quantitative estimate of drug-likeness (QED) is 0.0773. The zero-order valence-electron chi connectivity index (χ0n) is 33.1. The molecule has 4 aromatic rings. The summed E-state index contributed by atoms with van der Waals surface area (Å²) in [5.74, 6) is 6.84. The normalized spacial score (nSPS) is 17.2. The number of carbonyl (C=O) groups is 3. The average Bonchev–Trinajstić information content (AvgIpc) is 3.89. The summed E-state index contributed by atoms with van der Waals surface area (Å²) in [6.07, 6.45) is 5.94. The van der Waals surface area contributed by atoms with E-state index in [1.807, 2.05) is 61.1 Å². The number of aryl methyl sites for hydroxylation is 1. The predicted molar refractivity (Wildman–Crippen MR) is 230 cm³/mol. The van der Waals surface area contributed by atoms with E-state index in [4.69, 9.17) is 27.4 Å². The van der Waals surface area contributed by atoms with E-state index in [0.717, 1.165) is 101 Å². The Hall–Kier alpha value is -5.62. The maximum Gasteiger partial charge on any atom is 0.255 e. The lowest BCUT2D eigenvalue weighted by atomic mass is 9.99. The minimum atomic E-state index is -0.643. The van der Waals surface area contributed by atoms with Crippen molar-refractivity contribution < 1.29 is 14.4 Å². The van der Waals surface area contributed by atoms with E-state index >= 15 is 0 Å². The number of nitrogens with zero attached hydrogens (tertiary/aromatic N) is 7. The van der Waals surface area contributed by atoms with Crippen molar-refractivity contribution in [3.63, 3.8) is 0 Å². The Kier molecular flexibility index (Phi) is 12.2. The molecule has 0 radical (unpaired) electrons. The molecule has 1 unspecified atom stereocenters. The van der Waals surface area contributed by atoms with Gasteiger partial charge in [0.2, 0.25) is 5.91 Å². The number of aromatic nitrogens is 2. The second-order valence-corrected chi connectivity index (χ2v) is 16.2. The fraction of sp³-hybridized carbons (Fsp3) is 0.372. The molecule has 1 fully saturated rings. The summed E-state index contributed by atoms with van der Waals surface area (Å²) < 4.78 is 1.93. The molecular formula is C43H47ClN10O3S. The maximum absolute atomic E-state index is 13.3. The SMILES string of the molecule is CNC(=O)CCC(C=O)N1Cc2c(cccc2N2CCN(CCCn3cc(C#Cc4sc5c(c4C)C(c4ccc(Cl)cc4)=N[C@@H](C)C(=N)N5C(C)=N)cn3)CC2)C1=O. The number of carbonyl (C=O) groups excluding carboxylic acids is 3. The van der Waals surface area contributed by atoms with E-state index in [1.165, 1.54) is 11.3 Å². The molecule has 0 saturated carbocycles. The molecule has 0 aliphatic carbocycles. The maximum atomic E-state index is 13.3. The lowest BCUT2D eigenvalue weighted by Gasteiger charge is -2.37. The van der Waals surface area contributed by atoms with Crippen molar-refractivity contribution in [2.75, 3.05) is 49.6 Å². The van der Waals surface area contributed by atoms with Crippen LogP contribution in [0.3, 0.4) is 0 Å². The van der Waals surface area contributed by atoms with Crippen LogP contribution in [0.25, 0.3) is 0 Å². The summed E-state index contributed by atoms with van der Waals surface area (Å²) in [4.78, 5) is 50.9. The van der Waals surface area contributed by atoms with E-state index in [-0.39, 0.29) is 29.9 Å². The molecule has 2 aromatic carbocycles. The highest BCUT2D eigenvalue weighted by Crippen LogP contribution is 2.40. The molecule has 13 nitrogen and oxygen atoms in total. The Labute approximate surface area is 347 Å². The van der Waals surface area contributed by atoms with E-state index < -0.39 is 12.1 Å². The molecule has 0 spiro atoms. The van der Waals surface area contributed by atoms with Crippen LogP contribution in [0.4, 0.5) is 10.7 Å². The standard InChI is InChI=1S/C43H47ClN10O3S/c1-27-37(58-43-39(27)40(31-10-12-32(44)13-11-31)49-28(2)41(46)54(43)29(3)45)15-9-30-23-48-52(24-30)18-6-17-50-19-21-51(22-20-50)36-8-5-7-34-35(36)25-53(42(34)57)33(26-55)14-16-38(56)47-4/h5,7-8,10-13,23-24,26,28,33,45-46H,6,14,16-22,25H2,1-4H3,(H,47,56)/t28-,33?/m0/s1. The summed E-state index contributed by atoms with van der Waals surface area (Å²) in [5, 5.41) is 26.0. The molecule has 2 amide bonds. The minimum Gasteiger partial charge on any atom is -0.369 e. The number of amidine groups is 2. The molecule has 3 N–H and O–H groups in total. The zero-order valence-corrected chi connectivity index (χ0v) is 34.7. The summed E-state index contributed by atoms with van der Waals surface area (Å²) in [5.41, 5.74) is 6.91. The smallest absolute Gasteiger partial charge is 0.255 e. The molecular weight excluding hydrogens is 772 g/mol. The van der Waals surface area contributed by atoms with Crippen LogP contribution in [0, 0.1) is 29.6 Å². The average molecular weight is 819 g/mol. The molecule has 15 heteroatoms. The lowest BCUT2D eigenvalue weighted by Crippen LogP contribution is -2.47. The van der Waals surface area contributed by atoms with Gasteiger partial charge in [0.05, 0.1) is 28.4 Å². The van der Waals surface area contributed by atoms with Gasteiger partial charge in [-0.05, 0) is 63.4 Å². The number of nitrogens with one attached hydrogen (secondary N) is 3. The van der Waals surface area contributed by atoms with Crippen LogP contribution in [0.2, 0.25) is 5.02 Å². The van der Waals surface area contributed by atoms with Gasteiger partial charge in [-0.15, -0.1) is 11.3 Å². The highest BCUT2D eigenvalue weighted by Gasteiger charge is 2.36. The number of rotatable bonds is 11. The summed E-state index contributed by atoms with van der Waals surface area (Å²) in [7, 11) is 1.56. The van der Waals surface area contributed by atoms with Gasteiger partial charge < -0.3 is 19.9 Å².